The number of nitrogens with zero attached hydrogens (tertiary/aromatic N) is 2. The number of piperidine rings is 1. The number of aliphatic imine (C=N–C) groups is 1. The lowest BCUT2D eigenvalue weighted by atomic mass is 10.0. The van der Waals surface area contributed by atoms with E-state index in [0.29, 0.717) is 12.6 Å². The molecule has 1 aromatic rings. The molecule has 1 fully saturated rings. The Bertz CT molecular complexity index is 550. The number of aliphatic hydroxyl groups is 1. The number of methoxy groups -OCH3 is 1. The van der Waals surface area contributed by atoms with Crippen molar-refractivity contribution in [1.29, 1.82) is 0 Å². The first-order valence-corrected chi connectivity index (χ1v) is 9.21. The molecule has 1 aliphatic heterocycles. The van der Waals surface area contributed by atoms with Crippen molar-refractivity contribution < 1.29 is 9.84 Å². The molecule has 0 amide bonds. The highest BCUT2D eigenvalue weighted by molar-refractivity contribution is 5.80. The molecule has 25 heavy (non-hydrogen) atoms. The van der Waals surface area contributed by atoms with Gasteiger partial charge in [0.25, 0.3) is 0 Å². The molecule has 1 heterocycles. The molecule has 1 saturated heterocycles. The molecule has 3 N–H and O–H groups in total. The van der Waals surface area contributed by atoms with Crippen LogP contribution in [-0.4, -0.2) is 57.0 Å². The van der Waals surface area contributed by atoms with Crippen molar-refractivity contribution in [1.82, 2.24) is 10.6 Å². The van der Waals surface area contributed by atoms with E-state index in [4.69, 9.17) is 4.74 Å². The molecule has 0 aromatic heterocycles. The van der Waals surface area contributed by atoms with E-state index in [2.05, 4.69) is 39.6 Å². The van der Waals surface area contributed by atoms with Crippen molar-refractivity contribution >= 4 is 11.6 Å². The van der Waals surface area contributed by atoms with Gasteiger partial charge < -0.3 is 25.4 Å². The fourth-order valence-corrected chi connectivity index (χ4v) is 2.95. The zero-order chi connectivity index (χ0) is 18.1. The van der Waals surface area contributed by atoms with Crippen LogP contribution in [0.15, 0.2) is 29.3 Å². The predicted octanol–water partition coefficient (Wildman–Crippen LogP) is 1.85. The van der Waals surface area contributed by atoms with Crippen LogP contribution in [0.4, 0.5) is 5.69 Å². The van der Waals surface area contributed by atoms with Crippen molar-refractivity contribution in [2.75, 3.05) is 44.8 Å². The van der Waals surface area contributed by atoms with Crippen LogP contribution in [0, 0.1) is 5.92 Å². The van der Waals surface area contributed by atoms with Gasteiger partial charge in [-0.05, 0) is 37.8 Å². The van der Waals surface area contributed by atoms with E-state index < -0.39 is 0 Å². The van der Waals surface area contributed by atoms with Crippen LogP contribution in [0.2, 0.25) is 0 Å². The fraction of sp³-hybridized carbons (Fsp3) is 0.632. The first kappa shape index (κ1) is 19.4. The maximum atomic E-state index is 9.18. The summed E-state index contributed by atoms with van der Waals surface area (Å²) in [6, 6.07) is 8.58. The maximum Gasteiger partial charge on any atom is 0.191 e. The van der Waals surface area contributed by atoms with Crippen LogP contribution < -0.4 is 20.3 Å². The number of guanidine groups is 1. The summed E-state index contributed by atoms with van der Waals surface area (Å²) in [5.74, 6) is 1.90. The van der Waals surface area contributed by atoms with Gasteiger partial charge in [-0.1, -0.05) is 13.0 Å². The summed E-state index contributed by atoms with van der Waals surface area (Å²) in [7, 11) is 1.70. The minimum absolute atomic E-state index is 0.163. The number of nitrogens with one attached hydrogen (secondary N) is 2. The SMILES string of the molecule is CCNC(=NCC(C)CO)NC1CCCN(c2cccc(OC)c2)C1. The van der Waals surface area contributed by atoms with Gasteiger partial charge in [-0.3, -0.25) is 4.99 Å². The van der Waals surface area contributed by atoms with Crippen LogP contribution in [0.5, 0.6) is 5.75 Å². The van der Waals surface area contributed by atoms with Crippen molar-refractivity contribution in [2.45, 2.75) is 32.7 Å². The van der Waals surface area contributed by atoms with Crippen molar-refractivity contribution in [3.8, 4) is 5.75 Å². The lowest BCUT2D eigenvalue weighted by molar-refractivity contribution is 0.241. The predicted molar refractivity (Wildman–Crippen MR) is 104 cm³/mol. The van der Waals surface area contributed by atoms with E-state index in [1.807, 2.05) is 19.1 Å². The Morgan fingerprint density at radius 3 is 3.04 bits per heavy atom. The molecule has 6 heteroatoms. The van der Waals surface area contributed by atoms with E-state index in [1.54, 1.807) is 7.11 Å². The lowest BCUT2D eigenvalue weighted by Gasteiger charge is -2.35. The van der Waals surface area contributed by atoms with Crippen molar-refractivity contribution in [2.24, 2.45) is 10.9 Å². The number of hydrogen-bond acceptors (Lipinski definition) is 4. The topological polar surface area (TPSA) is 69.1 Å². The molecular weight excluding hydrogens is 316 g/mol. The van der Waals surface area contributed by atoms with E-state index in [0.717, 1.165) is 44.2 Å². The molecule has 2 atom stereocenters. The van der Waals surface area contributed by atoms with Gasteiger partial charge in [-0.15, -0.1) is 0 Å². The number of benzene rings is 1. The van der Waals surface area contributed by atoms with Gasteiger partial charge in [0.05, 0.1) is 7.11 Å². The molecule has 0 aliphatic carbocycles. The molecule has 2 unspecified atom stereocenters. The van der Waals surface area contributed by atoms with Crippen LogP contribution in [0.3, 0.4) is 0 Å². The highest BCUT2D eigenvalue weighted by Gasteiger charge is 2.21. The third-order valence-corrected chi connectivity index (χ3v) is 4.40. The second-order valence-corrected chi connectivity index (χ2v) is 6.64. The van der Waals surface area contributed by atoms with Gasteiger partial charge >= 0.3 is 0 Å². The molecule has 0 bridgehead atoms. The smallest absolute Gasteiger partial charge is 0.191 e. The van der Waals surface area contributed by atoms with E-state index in [9.17, 15) is 5.11 Å². The Balaban J connectivity index is 1.98. The Hall–Kier alpha value is -1.95. The van der Waals surface area contributed by atoms with Crippen LogP contribution >= 0.6 is 0 Å². The van der Waals surface area contributed by atoms with Crippen LogP contribution in [0.25, 0.3) is 0 Å². The van der Waals surface area contributed by atoms with Gasteiger partial charge in [0.15, 0.2) is 5.96 Å². The van der Waals surface area contributed by atoms with Gasteiger partial charge in [0, 0.05) is 50.6 Å². The first-order chi connectivity index (χ1) is 12.2. The summed E-state index contributed by atoms with van der Waals surface area (Å²) in [6.07, 6.45) is 2.27. The second kappa shape index (κ2) is 10.1. The van der Waals surface area contributed by atoms with Gasteiger partial charge in [-0.2, -0.15) is 0 Å². The number of hydrogen-bond donors (Lipinski definition) is 3. The van der Waals surface area contributed by atoms with Crippen LogP contribution in [0.1, 0.15) is 26.7 Å². The quantitative estimate of drug-likeness (QED) is 0.518. The Labute approximate surface area is 151 Å². The average molecular weight is 348 g/mol. The molecule has 1 aromatic carbocycles. The number of anilines is 1. The zero-order valence-corrected chi connectivity index (χ0v) is 15.7. The normalized spacial score (nSPS) is 19.4. The van der Waals surface area contributed by atoms with Crippen molar-refractivity contribution in [3.63, 3.8) is 0 Å². The molecule has 6 nitrogen and oxygen atoms in total. The lowest BCUT2D eigenvalue weighted by Crippen LogP contribution is -2.51. The minimum Gasteiger partial charge on any atom is -0.497 e. The molecule has 2 rings (SSSR count). The molecule has 0 radical (unpaired) electrons. The highest BCUT2D eigenvalue weighted by atomic mass is 16.5. The van der Waals surface area contributed by atoms with Gasteiger partial charge in [0.1, 0.15) is 5.75 Å². The summed E-state index contributed by atoms with van der Waals surface area (Å²) in [5.41, 5.74) is 1.20. The fourth-order valence-electron chi connectivity index (χ4n) is 2.95. The Morgan fingerprint density at radius 1 is 1.48 bits per heavy atom. The average Bonchev–Trinajstić information content (AvgIpc) is 2.66. The Kier molecular flexibility index (Phi) is 7.85. The standard InChI is InChI=1S/C19H32N4O2/c1-4-20-19(21-12-15(2)14-24)22-16-7-6-10-23(13-16)17-8-5-9-18(11-17)25-3/h5,8-9,11,15-16,24H,4,6-7,10,12-14H2,1-3H3,(H2,20,21,22). The van der Waals surface area contributed by atoms with E-state index in [-0.39, 0.29) is 12.5 Å². The zero-order valence-electron chi connectivity index (χ0n) is 15.7. The summed E-state index contributed by atoms with van der Waals surface area (Å²) < 4.78 is 5.34. The van der Waals surface area contributed by atoms with Crippen LogP contribution in [-0.2, 0) is 0 Å². The van der Waals surface area contributed by atoms with E-state index in [1.165, 1.54) is 5.69 Å². The largest absolute Gasteiger partial charge is 0.497 e. The van der Waals surface area contributed by atoms with Gasteiger partial charge in [0.2, 0.25) is 0 Å². The third-order valence-electron chi connectivity index (χ3n) is 4.40. The molecule has 0 spiro atoms. The number of ether oxygens (including phenoxy) is 1. The summed E-state index contributed by atoms with van der Waals surface area (Å²) in [4.78, 5) is 6.99. The van der Waals surface area contributed by atoms with Gasteiger partial charge in [-0.25, -0.2) is 0 Å². The maximum absolute atomic E-state index is 9.18. The molecule has 0 saturated carbocycles. The summed E-state index contributed by atoms with van der Waals surface area (Å²) in [6.45, 7) is 7.67. The highest BCUT2D eigenvalue weighted by Crippen LogP contribution is 2.24. The van der Waals surface area contributed by atoms with E-state index >= 15 is 0 Å². The molecule has 140 valence electrons. The summed E-state index contributed by atoms with van der Waals surface area (Å²) >= 11 is 0. The monoisotopic (exact) mass is 348 g/mol. The number of rotatable bonds is 7. The molecular formula is C19H32N4O2. The first-order valence-electron chi connectivity index (χ1n) is 9.21. The third kappa shape index (κ3) is 6.12. The van der Waals surface area contributed by atoms with Crippen molar-refractivity contribution in [3.05, 3.63) is 24.3 Å². The minimum atomic E-state index is 0.163. The Morgan fingerprint density at radius 2 is 2.32 bits per heavy atom. The second-order valence-electron chi connectivity index (χ2n) is 6.64. The summed E-state index contributed by atoms with van der Waals surface area (Å²) in [5, 5.41) is 16.0. The molecule has 1 aliphatic rings. The number of aliphatic hydroxyl groups excluding tert-OH is 1.